The van der Waals surface area contributed by atoms with Crippen molar-refractivity contribution in [3.05, 3.63) is 35.9 Å². The molecule has 28 heavy (non-hydrogen) atoms. The molecule has 1 aromatic rings. The number of carbonyl (C=O) groups is 3. The highest BCUT2D eigenvalue weighted by Crippen LogP contribution is 2.29. The molecule has 0 saturated carbocycles. The lowest BCUT2D eigenvalue weighted by Crippen LogP contribution is -2.50. The molecule has 1 heterocycles. The van der Waals surface area contributed by atoms with Crippen molar-refractivity contribution in [2.24, 2.45) is 11.8 Å². The van der Waals surface area contributed by atoms with Crippen molar-refractivity contribution < 1.29 is 19.1 Å². The normalized spacial score (nSPS) is 19.6. The Morgan fingerprint density at radius 3 is 2.54 bits per heavy atom. The highest BCUT2D eigenvalue weighted by atomic mass is 16.5. The molecule has 0 bridgehead atoms. The Labute approximate surface area is 165 Å². The number of amides is 2. The number of esters is 1. The summed E-state index contributed by atoms with van der Waals surface area (Å²) in [6.45, 7) is 6.97. The van der Waals surface area contributed by atoms with Crippen LogP contribution < -0.4 is 5.32 Å². The summed E-state index contributed by atoms with van der Waals surface area (Å²) in [5, 5.41) is 11.8. The first-order valence-electron chi connectivity index (χ1n) is 9.41. The van der Waals surface area contributed by atoms with E-state index in [1.165, 1.54) is 0 Å². The molecule has 2 amide bonds. The molecule has 0 aromatic heterocycles. The average molecular weight is 385 g/mol. The Hall–Kier alpha value is -2.88. The number of ether oxygens (including phenoxy) is 1. The number of hydrogen-bond donors (Lipinski definition) is 1. The summed E-state index contributed by atoms with van der Waals surface area (Å²) >= 11 is 0. The van der Waals surface area contributed by atoms with Gasteiger partial charge in [-0.3, -0.25) is 14.4 Å². The largest absolute Gasteiger partial charge is 0.455 e. The topological polar surface area (TPSA) is 99.5 Å². The highest BCUT2D eigenvalue weighted by molar-refractivity contribution is 5.88. The Morgan fingerprint density at radius 1 is 1.32 bits per heavy atom. The molecule has 1 fully saturated rings. The fourth-order valence-corrected chi connectivity index (χ4v) is 3.06. The van der Waals surface area contributed by atoms with Crippen molar-refractivity contribution in [1.82, 2.24) is 10.2 Å². The van der Waals surface area contributed by atoms with Gasteiger partial charge in [0, 0.05) is 13.0 Å². The first-order valence-corrected chi connectivity index (χ1v) is 9.41. The third-order valence-corrected chi connectivity index (χ3v) is 5.37. The van der Waals surface area contributed by atoms with Crippen LogP contribution in [0, 0.1) is 23.2 Å². The molecule has 0 unspecified atom stereocenters. The van der Waals surface area contributed by atoms with E-state index in [-0.39, 0.29) is 30.8 Å². The Kier molecular flexibility index (Phi) is 6.79. The van der Waals surface area contributed by atoms with E-state index in [2.05, 4.69) is 11.4 Å². The molecule has 150 valence electrons. The molecular weight excluding hydrogens is 358 g/mol. The monoisotopic (exact) mass is 385 g/mol. The molecule has 7 heteroatoms. The minimum Gasteiger partial charge on any atom is -0.455 e. The molecule has 1 aliphatic rings. The van der Waals surface area contributed by atoms with Crippen LogP contribution in [-0.4, -0.2) is 41.4 Å². The second-order valence-corrected chi connectivity index (χ2v) is 7.66. The zero-order valence-corrected chi connectivity index (χ0v) is 16.8. The number of likely N-dealkylation sites (tertiary alicyclic amines) is 1. The van der Waals surface area contributed by atoms with Gasteiger partial charge >= 0.3 is 5.97 Å². The molecule has 1 aliphatic heterocycles. The third kappa shape index (κ3) is 4.89. The summed E-state index contributed by atoms with van der Waals surface area (Å²) < 4.78 is 5.10. The summed E-state index contributed by atoms with van der Waals surface area (Å²) in [6.07, 6.45) is 0.0690. The van der Waals surface area contributed by atoms with Crippen molar-refractivity contribution in [1.29, 1.82) is 5.26 Å². The van der Waals surface area contributed by atoms with Gasteiger partial charge in [0.05, 0.1) is 18.0 Å². The van der Waals surface area contributed by atoms with Gasteiger partial charge in [0.25, 0.3) is 5.91 Å². The molecule has 0 spiro atoms. The van der Waals surface area contributed by atoms with Crippen LogP contribution in [0.15, 0.2) is 30.3 Å². The van der Waals surface area contributed by atoms with Crippen molar-refractivity contribution in [3.8, 4) is 6.07 Å². The highest BCUT2D eigenvalue weighted by Gasteiger charge is 2.38. The fourth-order valence-electron chi connectivity index (χ4n) is 3.06. The van der Waals surface area contributed by atoms with Gasteiger partial charge < -0.3 is 15.0 Å². The van der Waals surface area contributed by atoms with E-state index in [9.17, 15) is 19.6 Å². The summed E-state index contributed by atoms with van der Waals surface area (Å²) in [5.41, 5.74) is -0.0388. The predicted octanol–water partition coefficient (Wildman–Crippen LogP) is 2.19. The van der Waals surface area contributed by atoms with Gasteiger partial charge in [-0.2, -0.15) is 5.26 Å². The maximum atomic E-state index is 12.3. The van der Waals surface area contributed by atoms with Crippen LogP contribution in [0.25, 0.3) is 0 Å². The minimum atomic E-state index is -1.03. The van der Waals surface area contributed by atoms with Gasteiger partial charge in [-0.25, -0.2) is 0 Å². The van der Waals surface area contributed by atoms with E-state index >= 15 is 0 Å². The van der Waals surface area contributed by atoms with E-state index in [0.29, 0.717) is 0 Å². The number of nitriles is 1. The summed E-state index contributed by atoms with van der Waals surface area (Å²) in [7, 11) is 0. The standard InChI is InChI=1S/C21H27N3O4/c1-14(2)21(4,13-22)23-18(25)12-28-20(27)17-10-19(26)24(11-17)15(3)16-8-6-5-7-9-16/h5-9,14-15,17H,10-12H2,1-4H3,(H,23,25)/t15-,17+,21+/m0/s1. The van der Waals surface area contributed by atoms with E-state index in [1.54, 1.807) is 11.8 Å². The SMILES string of the molecule is CC(C)[C@@](C)(C#N)NC(=O)COC(=O)[C@@H]1CC(=O)N([C@@H](C)c2ccccc2)C1. The van der Waals surface area contributed by atoms with Crippen molar-refractivity contribution in [2.45, 2.75) is 45.7 Å². The number of hydrogen-bond acceptors (Lipinski definition) is 5. The van der Waals surface area contributed by atoms with E-state index in [4.69, 9.17) is 4.74 Å². The molecule has 3 atom stereocenters. The van der Waals surface area contributed by atoms with E-state index < -0.39 is 29.9 Å². The molecule has 1 aromatic carbocycles. The van der Waals surface area contributed by atoms with Crippen LogP contribution in [0.3, 0.4) is 0 Å². The smallest absolute Gasteiger partial charge is 0.311 e. The molecule has 0 aliphatic carbocycles. The summed E-state index contributed by atoms with van der Waals surface area (Å²) in [6, 6.07) is 11.5. The second kappa shape index (κ2) is 8.87. The second-order valence-electron chi connectivity index (χ2n) is 7.66. The van der Waals surface area contributed by atoms with Gasteiger partial charge in [0.15, 0.2) is 6.61 Å². The lowest BCUT2D eigenvalue weighted by atomic mass is 9.90. The molecule has 1 saturated heterocycles. The zero-order chi connectivity index (χ0) is 20.9. The van der Waals surface area contributed by atoms with E-state index in [0.717, 1.165) is 5.56 Å². The van der Waals surface area contributed by atoms with Crippen LogP contribution >= 0.6 is 0 Å². The first kappa shape index (κ1) is 21.4. The van der Waals surface area contributed by atoms with Crippen molar-refractivity contribution >= 4 is 17.8 Å². The maximum Gasteiger partial charge on any atom is 0.311 e. The lowest BCUT2D eigenvalue weighted by molar-refractivity contribution is -0.152. The number of rotatable bonds is 7. The third-order valence-electron chi connectivity index (χ3n) is 5.37. The molecule has 2 rings (SSSR count). The number of carbonyl (C=O) groups excluding carboxylic acids is 3. The summed E-state index contributed by atoms with van der Waals surface area (Å²) in [5.74, 6) is -1.92. The van der Waals surface area contributed by atoms with Crippen molar-refractivity contribution in [2.75, 3.05) is 13.2 Å². The number of nitrogens with one attached hydrogen (secondary N) is 1. The van der Waals surface area contributed by atoms with Gasteiger partial charge in [-0.15, -0.1) is 0 Å². The van der Waals surface area contributed by atoms with Gasteiger partial charge in [-0.1, -0.05) is 44.2 Å². The van der Waals surface area contributed by atoms with Crippen LogP contribution in [0.2, 0.25) is 0 Å². The minimum absolute atomic E-state index is 0.0690. The average Bonchev–Trinajstić information content (AvgIpc) is 3.07. The Balaban J connectivity index is 1.89. The zero-order valence-electron chi connectivity index (χ0n) is 16.8. The quantitative estimate of drug-likeness (QED) is 0.725. The summed E-state index contributed by atoms with van der Waals surface area (Å²) in [4.78, 5) is 38.4. The molecular formula is C21H27N3O4. The lowest BCUT2D eigenvalue weighted by Gasteiger charge is -2.27. The van der Waals surface area contributed by atoms with E-state index in [1.807, 2.05) is 51.1 Å². The fraction of sp³-hybridized carbons (Fsp3) is 0.524. The van der Waals surface area contributed by atoms with Crippen LogP contribution in [0.1, 0.15) is 45.7 Å². The van der Waals surface area contributed by atoms with Crippen LogP contribution in [-0.2, 0) is 19.1 Å². The number of nitrogens with zero attached hydrogens (tertiary/aromatic N) is 2. The van der Waals surface area contributed by atoms with Crippen molar-refractivity contribution in [3.63, 3.8) is 0 Å². The Morgan fingerprint density at radius 2 is 1.96 bits per heavy atom. The van der Waals surface area contributed by atoms with Crippen LogP contribution in [0.4, 0.5) is 0 Å². The predicted molar refractivity (Wildman–Crippen MR) is 103 cm³/mol. The molecule has 1 N–H and O–H groups in total. The van der Waals surface area contributed by atoms with Crippen LogP contribution in [0.5, 0.6) is 0 Å². The number of benzene rings is 1. The molecule has 0 radical (unpaired) electrons. The van der Waals surface area contributed by atoms with Gasteiger partial charge in [0.2, 0.25) is 5.91 Å². The maximum absolute atomic E-state index is 12.3. The first-order chi connectivity index (χ1) is 13.2. The van der Waals surface area contributed by atoms with Gasteiger partial charge in [0.1, 0.15) is 5.54 Å². The van der Waals surface area contributed by atoms with Gasteiger partial charge in [-0.05, 0) is 25.3 Å². The molecule has 7 nitrogen and oxygen atoms in total. The Bertz CT molecular complexity index is 772.